The van der Waals surface area contributed by atoms with Crippen LogP contribution in [0.1, 0.15) is 32.6 Å². The smallest absolute Gasteiger partial charge is 0.239 e. The van der Waals surface area contributed by atoms with Gasteiger partial charge in [-0.3, -0.25) is 9.69 Å². The number of nitrogens with one attached hydrogen (secondary N) is 1. The Kier molecular flexibility index (Phi) is 4.62. The van der Waals surface area contributed by atoms with E-state index in [0.717, 1.165) is 25.6 Å². The minimum Gasteiger partial charge on any atom is -0.347 e. The molecule has 2 rings (SSSR count). The SMILES string of the molecule is CC(C(=O)N(C)C)N1CCCC1C1CCCNC1. The van der Waals surface area contributed by atoms with Crippen LogP contribution in [-0.4, -0.2) is 61.5 Å². The second-order valence-electron chi connectivity index (χ2n) is 5.96. The number of likely N-dealkylation sites (N-methyl/N-ethyl adjacent to an activating group) is 1. The predicted octanol–water partition coefficient (Wildman–Crippen LogP) is 0.927. The van der Waals surface area contributed by atoms with Gasteiger partial charge in [-0.2, -0.15) is 0 Å². The zero-order chi connectivity index (χ0) is 13.1. The molecule has 0 aliphatic carbocycles. The molecule has 2 saturated heterocycles. The summed E-state index contributed by atoms with van der Waals surface area (Å²) in [7, 11) is 3.71. The molecule has 0 radical (unpaired) electrons. The van der Waals surface area contributed by atoms with Crippen molar-refractivity contribution < 1.29 is 4.79 Å². The zero-order valence-electron chi connectivity index (χ0n) is 12.0. The summed E-state index contributed by atoms with van der Waals surface area (Å²) in [5.74, 6) is 0.976. The van der Waals surface area contributed by atoms with Crippen LogP contribution in [0.2, 0.25) is 0 Å². The summed E-state index contributed by atoms with van der Waals surface area (Å²) in [5, 5.41) is 3.50. The minimum atomic E-state index is 0.0365. The average Bonchev–Trinajstić information content (AvgIpc) is 2.87. The Balaban J connectivity index is 2.00. The third-order valence-electron chi connectivity index (χ3n) is 4.52. The Bertz CT molecular complexity index is 287. The molecule has 0 aromatic carbocycles. The van der Waals surface area contributed by atoms with Gasteiger partial charge < -0.3 is 10.2 Å². The summed E-state index contributed by atoms with van der Waals surface area (Å²) in [6, 6.07) is 0.645. The van der Waals surface area contributed by atoms with Crippen LogP contribution in [0.25, 0.3) is 0 Å². The lowest BCUT2D eigenvalue weighted by atomic mass is 9.89. The van der Waals surface area contributed by atoms with Gasteiger partial charge in [0.1, 0.15) is 0 Å². The van der Waals surface area contributed by atoms with Crippen molar-refractivity contribution in [2.75, 3.05) is 33.7 Å². The van der Waals surface area contributed by atoms with Crippen LogP contribution in [0.5, 0.6) is 0 Å². The molecule has 2 fully saturated rings. The summed E-state index contributed by atoms with van der Waals surface area (Å²) < 4.78 is 0. The van der Waals surface area contributed by atoms with E-state index in [2.05, 4.69) is 17.1 Å². The Morgan fingerprint density at radius 3 is 2.72 bits per heavy atom. The number of piperidine rings is 1. The van der Waals surface area contributed by atoms with Crippen LogP contribution in [0.3, 0.4) is 0 Å². The number of likely N-dealkylation sites (tertiary alicyclic amines) is 1. The molecule has 104 valence electrons. The fraction of sp³-hybridized carbons (Fsp3) is 0.929. The maximum Gasteiger partial charge on any atom is 0.239 e. The van der Waals surface area contributed by atoms with Gasteiger partial charge in [-0.15, -0.1) is 0 Å². The fourth-order valence-corrected chi connectivity index (χ4v) is 3.52. The molecule has 2 aliphatic rings. The fourth-order valence-electron chi connectivity index (χ4n) is 3.52. The van der Waals surface area contributed by atoms with Crippen molar-refractivity contribution in [3.63, 3.8) is 0 Å². The van der Waals surface area contributed by atoms with E-state index in [1.54, 1.807) is 4.90 Å². The van der Waals surface area contributed by atoms with E-state index >= 15 is 0 Å². The van der Waals surface area contributed by atoms with Crippen molar-refractivity contribution in [2.24, 2.45) is 5.92 Å². The van der Waals surface area contributed by atoms with E-state index in [1.807, 2.05) is 14.1 Å². The molecule has 2 heterocycles. The molecule has 0 aromatic rings. The summed E-state index contributed by atoms with van der Waals surface area (Å²) in [6.45, 7) is 5.44. The third kappa shape index (κ3) is 2.86. The van der Waals surface area contributed by atoms with Gasteiger partial charge in [-0.05, 0) is 58.2 Å². The van der Waals surface area contributed by atoms with E-state index in [0.29, 0.717) is 6.04 Å². The number of carbonyl (C=O) groups excluding carboxylic acids is 1. The number of hydrogen-bond donors (Lipinski definition) is 1. The van der Waals surface area contributed by atoms with Gasteiger partial charge in [0.25, 0.3) is 0 Å². The van der Waals surface area contributed by atoms with Gasteiger partial charge in [0.15, 0.2) is 0 Å². The van der Waals surface area contributed by atoms with Crippen LogP contribution in [0.4, 0.5) is 0 Å². The maximum absolute atomic E-state index is 12.1. The first-order valence-corrected chi connectivity index (χ1v) is 7.29. The molecule has 1 N–H and O–H groups in total. The van der Waals surface area contributed by atoms with E-state index in [9.17, 15) is 4.79 Å². The first-order valence-electron chi connectivity index (χ1n) is 7.29. The van der Waals surface area contributed by atoms with Crippen molar-refractivity contribution in [1.82, 2.24) is 15.1 Å². The third-order valence-corrected chi connectivity index (χ3v) is 4.52. The Hall–Kier alpha value is -0.610. The van der Waals surface area contributed by atoms with Gasteiger partial charge >= 0.3 is 0 Å². The molecular formula is C14H27N3O. The lowest BCUT2D eigenvalue weighted by Crippen LogP contribution is -2.51. The van der Waals surface area contributed by atoms with E-state index in [-0.39, 0.29) is 11.9 Å². The van der Waals surface area contributed by atoms with Crippen molar-refractivity contribution in [3.05, 3.63) is 0 Å². The van der Waals surface area contributed by atoms with Gasteiger partial charge in [-0.25, -0.2) is 0 Å². The highest BCUT2D eigenvalue weighted by atomic mass is 16.2. The molecular weight excluding hydrogens is 226 g/mol. The largest absolute Gasteiger partial charge is 0.347 e. The average molecular weight is 253 g/mol. The highest BCUT2D eigenvalue weighted by Gasteiger charge is 2.37. The van der Waals surface area contributed by atoms with Crippen molar-refractivity contribution in [2.45, 2.75) is 44.7 Å². The van der Waals surface area contributed by atoms with E-state index in [4.69, 9.17) is 0 Å². The Labute approximate surface area is 111 Å². The Morgan fingerprint density at radius 1 is 1.33 bits per heavy atom. The number of rotatable bonds is 3. The summed E-state index contributed by atoms with van der Waals surface area (Å²) in [4.78, 5) is 16.3. The molecule has 3 atom stereocenters. The second-order valence-corrected chi connectivity index (χ2v) is 5.96. The summed E-state index contributed by atoms with van der Waals surface area (Å²) in [5.41, 5.74) is 0. The summed E-state index contributed by atoms with van der Waals surface area (Å²) in [6.07, 6.45) is 5.10. The monoisotopic (exact) mass is 253 g/mol. The normalized spacial score (nSPS) is 31.3. The molecule has 4 heteroatoms. The van der Waals surface area contributed by atoms with Crippen LogP contribution < -0.4 is 5.32 Å². The number of amides is 1. The first kappa shape index (κ1) is 13.8. The zero-order valence-corrected chi connectivity index (χ0v) is 12.0. The standard InChI is InChI=1S/C14H27N3O/c1-11(14(18)16(2)3)17-9-5-7-13(17)12-6-4-8-15-10-12/h11-13,15H,4-10H2,1-3H3. The topological polar surface area (TPSA) is 35.6 Å². The van der Waals surface area contributed by atoms with Crippen LogP contribution in [-0.2, 0) is 4.79 Å². The quantitative estimate of drug-likeness (QED) is 0.812. The molecule has 0 spiro atoms. The first-order chi connectivity index (χ1) is 8.61. The molecule has 1 amide bonds. The van der Waals surface area contributed by atoms with Crippen molar-refractivity contribution in [3.8, 4) is 0 Å². The highest BCUT2D eigenvalue weighted by Crippen LogP contribution is 2.30. The number of carbonyl (C=O) groups is 1. The second kappa shape index (κ2) is 6.02. The molecule has 3 unspecified atom stereocenters. The van der Waals surface area contributed by atoms with Gasteiger partial charge in [-0.1, -0.05) is 0 Å². The van der Waals surface area contributed by atoms with E-state index in [1.165, 1.54) is 25.7 Å². The molecule has 0 bridgehead atoms. The van der Waals surface area contributed by atoms with E-state index < -0.39 is 0 Å². The lowest BCUT2D eigenvalue weighted by Gasteiger charge is -2.37. The number of hydrogen-bond acceptors (Lipinski definition) is 3. The lowest BCUT2D eigenvalue weighted by molar-refractivity contribution is -0.134. The Morgan fingerprint density at radius 2 is 2.11 bits per heavy atom. The predicted molar refractivity (Wildman–Crippen MR) is 73.5 cm³/mol. The van der Waals surface area contributed by atoms with Crippen LogP contribution in [0, 0.1) is 5.92 Å². The highest BCUT2D eigenvalue weighted by molar-refractivity contribution is 5.81. The van der Waals surface area contributed by atoms with Gasteiger partial charge in [0.2, 0.25) is 5.91 Å². The van der Waals surface area contributed by atoms with Crippen molar-refractivity contribution >= 4 is 5.91 Å². The van der Waals surface area contributed by atoms with Crippen molar-refractivity contribution in [1.29, 1.82) is 0 Å². The molecule has 18 heavy (non-hydrogen) atoms. The number of nitrogens with zero attached hydrogens (tertiary/aromatic N) is 2. The minimum absolute atomic E-state index is 0.0365. The molecule has 0 saturated carbocycles. The maximum atomic E-state index is 12.1. The molecule has 2 aliphatic heterocycles. The van der Waals surface area contributed by atoms with Crippen LogP contribution >= 0.6 is 0 Å². The van der Waals surface area contributed by atoms with Gasteiger partial charge in [0.05, 0.1) is 6.04 Å². The van der Waals surface area contributed by atoms with Crippen LogP contribution in [0.15, 0.2) is 0 Å². The molecule has 4 nitrogen and oxygen atoms in total. The van der Waals surface area contributed by atoms with Gasteiger partial charge in [0, 0.05) is 20.1 Å². The summed E-state index contributed by atoms with van der Waals surface area (Å²) >= 11 is 0. The molecule has 0 aromatic heterocycles.